The van der Waals surface area contributed by atoms with Crippen LogP contribution < -0.4 is 5.73 Å². The Labute approximate surface area is 112 Å². The van der Waals surface area contributed by atoms with Crippen LogP contribution in [0.5, 0.6) is 0 Å². The molecule has 0 aliphatic heterocycles. The second-order valence-corrected chi connectivity index (χ2v) is 6.91. The Morgan fingerprint density at radius 1 is 1.28 bits per heavy atom. The van der Waals surface area contributed by atoms with Crippen LogP contribution in [0.2, 0.25) is 0 Å². The van der Waals surface area contributed by atoms with Crippen LogP contribution in [0.3, 0.4) is 0 Å². The molecule has 1 aliphatic carbocycles. The van der Waals surface area contributed by atoms with E-state index in [1.165, 1.54) is 12.8 Å². The van der Waals surface area contributed by atoms with Crippen LogP contribution >= 0.6 is 0 Å². The summed E-state index contributed by atoms with van der Waals surface area (Å²) in [5, 5.41) is 0. The highest BCUT2D eigenvalue weighted by Gasteiger charge is 2.39. The van der Waals surface area contributed by atoms with Gasteiger partial charge in [0.05, 0.1) is 18.3 Å². The maximum absolute atomic E-state index is 6.18. The molecule has 1 aliphatic rings. The molecule has 0 bridgehead atoms. The molecule has 1 rings (SSSR count). The number of hydrogen-bond donors (Lipinski definition) is 1. The van der Waals surface area contributed by atoms with Crippen LogP contribution in [-0.2, 0) is 9.47 Å². The summed E-state index contributed by atoms with van der Waals surface area (Å²) in [4.78, 5) is 0. The van der Waals surface area contributed by atoms with Crippen molar-refractivity contribution in [1.82, 2.24) is 0 Å². The fourth-order valence-corrected chi connectivity index (χ4v) is 3.08. The van der Waals surface area contributed by atoms with E-state index < -0.39 is 0 Å². The van der Waals surface area contributed by atoms with Gasteiger partial charge in [-0.1, -0.05) is 20.8 Å². The lowest BCUT2D eigenvalue weighted by atomic mass is 9.68. The molecule has 108 valence electrons. The first-order valence-electron chi connectivity index (χ1n) is 7.20. The van der Waals surface area contributed by atoms with Crippen LogP contribution in [0.1, 0.15) is 53.4 Å². The zero-order valence-corrected chi connectivity index (χ0v) is 12.8. The van der Waals surface area contributed by atoms with E-state index in [0.29, 0.717) is 18.6 Å². The van der Waals surface area contributed by atoms with E-state index in [1.54, 1.807) is 7.11 Å². The van der Waals surface area contributed by atoms with Crippen molar-refractivity contribution < 1.29 is 9.47 Å². The first-order valence-corrected chi connectivity index (χ1v) is 7.20. The topological polar surface area (TPSA) is 44.5 Å². The lowest BCUT2D eigenvalue weighted by Crippen LogP contribution is -2.47. The normalized spacial score (nSPS) is 31.3. The van der Waals surface area contributed by atoms with Crippen molar-refractivity contribution in [2.75, 3.05) is 20.3 Å². The van der Waals surface area contributed by atoms with Gasteiger partial charge >= 0.3 is 0 Å². The highest BCUT2D eigenvalue weighted by Crippen LogP contribution is 2.42. The van der Waals surface area contributed by atoms with E-state index in [0.717, 1.165) is 18.8 Å². The summed E-state index contributed by atoms with van der Waals surface area (Å²) in [7, 11) is 1.71. The Bertz CT molecular complexity index is 239. The van der Waals surface area contributed by atoms with Gasteiger partial charge in [0.25, 0.3) is 0 Å². The van der Waals surface area contributed by atoms with E-state index >= 15 is 0 Å². The Balaban J connectivity index is 2.54. The van der Waals surface area contributed by atoms with Crippen LogP contribution in [-0.4, -0.2) is 32.0 Å². The largest absolute Gasteiger partial charge is 0.382 e. The van der Waals surface area contributed by atoms with Crippen molar-refractivity contribution in [3.63, 3.8) is 0 Å². The fourth-order valence-electron chi connectivity index (χ4n) is 3.08. The molecule has 18 heavy (non-hydrogen) atoms. The molecule has 1 fully saturated rings. The monoisotopic (exact) mass is 257 g/mol. The molecule has 3 heteroatoms. The highest BCUT2D eigenvalue weighted by molar-refractivity contribution is 4.91. The molecular formula is C15H31NO2. The summed E-state index contributed by atoms with van der Waals surface area (Å²) >= 11 is 0. The Hall–Kier alpha value is -0.120. The van der Waals surface area contributed by atoms with Crippen molar-refractivity contribution in [1.29, 1.82) is 0 Å². The Morgan fingerprint density at radius 3 is 2.22 bits per heavy atom. The molecule has 0 radical (unpaired) electrons. The fraction of sp³-hybridized carbons (Fsp3) is 1.00. The summed E-state index contributed by atoms with van der Waals surface area (Å²) in [6.07, 6.45) is 4.74. The van der Waals surface area contributed by atoms with Crippen LogP contribution in [0, 0.1) is 11.3 Å². The minimum atomic E-state index is -0.111. The molecule has 3 nitrogen and oxygen atoms in total. The minimum absolute atomic E-state index is 0.111. The number of ether oxygens (including phenoxy) is 2. The molecule has 0 aromatic heterocycles. The van der Waals surface area contributed by atoms with Gasteiger partial charge in [-0.25, -0.2) is 0 Å². The Kier molecular flexibility index (Phi) is 5.63. The second kappa shape index (κ2) is 6.36. The molecule has 0 spiro atoms. The summed E-state index contributed by atoms with van der Waals surface area (Å²) in [5.41, 5.74) is 6.26. The van der Waals surface area contributed by atoms with E-state index in [-0.39, 0.29) is 11.7 Å². The molecule has 0 aromatic carbocycles. The van der Waals surface area contributed by atoms with Crippen LogP contribution in [0.4, 0.5) is 0 Å². The molecule has 1 unspecified atom stereocenters. The molecular weight excluding hydrogens is 226 g/mol. The van der Waals surface area contributed by atoms with Gasteiger partial charge in [0.1, 0.15) is 0 Å². The van der Waals surface area contributed by atoms with E-state index in [1.807, 2.05) is 0 Å². The SMILES string of the molecule is COCC(C)OC1(CN)CCC(C(C)(C)C)CC1. The van der Waals surface area contributed by atoms with E-state index in [2.05, 4.69) is 27.7 Å². The second-order valence-electron chi connectivity index (χ2n) is 6.91. The van der Waals surface area contributed by atoms with Crippen LogP contribution in [0.15, 0.2) is 0 Å². The highest BCUT2D eigenvalue weighted by atomic mass is 16.5. The third-order valence-electron chi connectivity index (χ3n) is 4.35. The number of hydrogen-bond acceptors (Lipinski definition) is 3. The lowest BCUT2D eigenvalue weighted by Gasteiger charge is -2.44. The number of methoxy groups -OCH3 is 1. The molecule has 1 saturated carbocycles. The van der Waals surface area contributed by atoms with Crippen molar-refractivity contribution in [3.8, 4) is 0 Å². The summed E-state index contributed by atoms with van der Waals surface area (Å²) in [6, 6.07) is 0. The van der Waals surface area contributed by atoms with Gasteiger partial charge in [0, 0.05) is 13.7 Å². The van der Waals surface area contributed by atoms with Crippen LogP contribution in [0.25, 0.3) is 0 Å². The van der Waals surface area contributed by atoms with Gasteiger partial charge in [-0.15, -0.1) is 0 Å². The van der Waals surface area contributed by atoms with Gasteiger partial charge in [-0.3, -0.25) is 0 Å². The third-order valence-corrected chi connectivity index (χ3v) is 4.35. The Morgan fingerprint density at radius 2 is 1.83 bits per heavy atom. The minimum Gasteiger partial charge on any atom is -0.382 e. The number of nitrogens with two attached hydrogens (primary N) is 1. The van der Waals surface area contributed by atoms with Gasteiger partial charge in [-0.05, 0) is 43.9 Å². The summed E-state index contributed by atoms with van der Waals surface area (Å²) in [6.45, 7) is 10.3. The van der Waals surface area contributed by atoms with Crippen molar-refractivity contribution >= 4 is 0 Å². The molecule has 2 N–H and O–H groups in total. The molecule has 1 atom stereocenters. The average molecular weight is 257 g/mol. The lowest BCUT2D eigenvalue weighted by molar-refractivity contribution is -0.129. The van der Waals surface area contributed by atoms with E-state index in [9.17, 15) is 0 Å². The zero-order valence-electron chi connectivity index (χ0n) is 12.8. The predicted octanol–water partition coefficient (Wildman–Crippen LogP) is 2.97. The van der Waals surface area contributed by atoms with Crippen molar-refractivity contribution in [2.24, 2.45) is 17.1 Å². The molecule has 0 amide bonds. The van der Waals surface area contributed by atoms with Gasteiger partial charge < -0.3 is 15.2 Å². The van der Waals surface area contributed by atoms with Gasteiger partial charge in [0.2, 0.25) is 0 Å². The molecule has 0 saturated heterocycles. The van der Waals surface area contributed by atoms with Gasteiger partial charge in [0.15, 0.2) is 0 Å². The first kappa shape index (κ1) is 15.9. The standard InChI is InChI=1S/C15H31NO2/c1-12(10-17-5)18-15(11-16)8-6-13(7-9-15)14(2,3)4/h12-13H,6-11,16H2,1-5H3. The third kappa shape index (κ3) is 4.22. The first-order chi connectivity index (χ1) is 8.33. The smallest absolute Gasteiger partial charge is 0.0809 e. The maximum atomic E-state index is 6.18. The molecule has 0 heterocycles. The maximum Gasteiger partial charge on any atom is 0.0809 e. The van der Waals surface area contributed by atoms with E-state index in [4.69, 9.17) is 15.2 Å². The number of rotatable bonds is 5. The van der Waals surface area contributed by atoms with Crippen molar-refractivity contribution in [2.45, 2.75) is 65.1 Å². The predicted molar refractivity (Wildman–Crippen MR) is 75.6 cm³/mol. The quantitative estimate of drug-likeness (QED) is 0.823. The summed E-state index contributed by atoms with van der Waals surface area (Å²) in [5.74, 6) is 0.790. The van der Waals surface area contributed by atoms with Gasteiger partial charge in [-0.2, -0.15) is 0 Å². The zero-order chi connectivity index (χ0) is 13.8. The summed E-state index contributed by atoms with van der Waals surface area (Å²) < 4.78 is 11.3. The molecule has 0 aromatic rings. The average Bonchev–Trinajstić information content (AvgIpc) is 2.28. The van der Waals surface area contributed by atoms with Crippen molar-refractivity contribution in [3.05, 3.63) is 0 Å².